The molecule has 1 heterocycles. The second kappa shape index (κ2) is 4.32. The number of rotatable bonds is 4. The molecule has 1 amide bonds. The molecule has 0 bridgehead atoms. The summed E-state index contributed by atoms with van der Waals surface area (Å²) in [5.74, 6) is 0.288. The molecular weight excluding hydrogens is 206 g/mol. The Hall–Kier alpha value is -1.88. The number of aryl methyl sites for hydroxylation is 1. The van der Waals surface area contributed by atoms with E-state index in [0.29, 0.717) is 12.4 Å². The van der Waals surface area contributed by atoms with Gasteiger partial charge in [-0.1, -0.05) is 6.07 Å². The highest BCUT2D eigenvalue weighted by molar-refractivity contribution is 5.76. The molecule has 0 saturated carbocycles. The number of nitrogens with zero attached hydrogens (tertiary/aromatic N) is 1. The molecule has 0 fully saturated rings. The van der Waals surface area contributed by atoms with E-state index in [4.69, 9.17) is 10.2 Å². The smallest absolute Gasteiger partial charge is 0.231 e. The van der Waals surface area contributed by atoms with E-state index >= 15 is 0 Å². The quantitative estimate of drug-likeness (QED) is 0.793. The van der Waals surface area contributed by atoms with Gasteiger partial charge >= 0.3 is 0 Å². The summed E-state index contributed by atoms with van der Waals surface area (Å²) >= 11 is 0. The fraction of sp³-hybridized carbons (Fsp3) is 0.273. The number of amides is 1. The minimum absolute atomic E-state index is 0.176. The van der Waals surface area contributed by atoms with Gasteiger partial charge in [0.15, 0.2) is 11.5 Å². The second-order valence-corrected chi connectivity index (χ2v) is 3.60. The Kier molecular flexibility index (Phi) is 2.87. The number of carbonyl (C=O) groups is 1. The molecule has 0 saturated heterocycles. The maximum atomic E-state index is 10.5. The molecule has 1 aromatic carbocycles. The molecule has 0 spiro atoms. The fourth-order valence-electron chi connectivity index (χ4n) is 1.53. The van der Waals surface area contributed by atoms with Crippen molar-refractivity contribution in [3.63, 3.8) is 0 Å². The highest BCUT2D eigenvalue weighted by Crippen LogP contribution is 2.16. The maximum absolute atomic E-state index is 10.5. The van der Waals surface area contributed by atoms with Gasteiger partial charge in [-0.3, -0.25) is 4.79 Å². The zero-order chi connectivity index (χ0) is 11.5. The van der Waals surface area contributed by atoms with Crippen LogP contribution < -0.4 is 11.1 Å². The number of oxazole rings is 1. The van der Waals surface area contributed by atoms with Crippen LogP contribution in [-0.2, 0) is 11.3 Å². The summed E-state index contributed by atoms with van der Waals surface area (Å²) in [4.78, 5) is 14.8. The first-order chi connectivity index (χ1) is 7.65. The van der Waals surface area contributed by atoms with Crippen molar-refractivity contribution in [2.45, 2.75) is 13.5 Å². The monoisotopic (exact) mass is 219 g/mol. The highest BCUT2D eigenvalue weighted by Gasteiger charge is 2.03. The van der Waals surface area contributed by atoms with E-state index in [1.54, 1.807) is 0 Å². The number of fused-ring (bicyclic) bond motifs is 1. The van der Waals surface area contributed by atoms with Crippen LogP contribution in [0.4, 0.5) is 0 Å². The molecule has 0 radical (unpaired) electrons. The number of hydrogen-bond acceptors (Lipinski definition) is 4. The molecule has 16 heavy (non-hydrogen) atoms. The van der Waals surface area contributed by atoms with Crippen LogP contribution in [0.3, 0.4) is 0 Å². The van der Waals surface area contributed by atoms with Crippen LogP contribution in [0.5, 0.6) is 0 Å². The van der Waals surface area contributed by atoms with Crippen LogP contribution in [0.2, 0.25) is 0 Å². The Labute approximate surface area is 92.6 Å². The average Bonchev–Trinajstić information content (AvgIpc) is 2.56. The number of carbonyl (C=O) groups excluding carboxylic acids is 1. The summed E-state index contributed by atoms with van der Waals surface area (Å²) in [6.45, 7) is 2.58. The lowest BCUT2D eigenvalue weighted by molar-refractivity contribution is -0.117. The number of primary amides is 1. The SMILES string of the molecule is Cc1nc2cc(CNCC(N)=O)ccc2o1. The summed E-state index contributed by atoms with van der Waals surface area (Å²) in [5, 5.41) is 2.94. The van der Waals surface area contributed by atoms with Gasteiger partial charge in [0.25, 0.3) is 0 Å². The Morgan fingerprint density at radius 2 is 2.38 bits per heavy atom. The molecule has 0 atom stereocenters. The standard InChI is InChI=1S/C11H13N3O2/c1-7-14-9-4-8(2-3-10(9)16-7)5-13-6-11(12)15/h2-4,13H,5-6H2,1H3,(H2,12,15). The van der Waals surface area contributed by atoms with Gasteiger partial charge < -0.3 is 15.5 Å². The molecule has 0 aliphatic rings. The molecule has 5 nitrogen and oxygen atoms in total. The summed E-state index contributed by atoms with van der Waals surface area (Å²) in [5.41, 5.74) is 7.67. The van der Waals surface area contributed by atoms with Crippen LogP contribution in [0.25, 0.3) is 11.1 Å². The molecule has 84 valence electrons. The topological polar surface area (TPSA) is 81.1 Å². The van der Waals surface area contributed by atoms with Gasteiger partial charge in [0.2, 0.25) is 5.91 Å². The lowest BCUT2D eigenvalue weighted by Crippen LogP contribution is -2.28. The van der Waals surface area contributed by atoms with Crippen LogP contribution in [0.15, 0.2) is 22.6 Å². The first-order valence-corrected chi connectivity index (χ1v) is 5.00. The third kappa shape index (κ3) is 2.38. The number of nitrogens with two attached hydrogens (primary N) is 1. The zero-order valence-electron chi connectivity index (χ0n) is 8.99. The number of benzene rings is 1. The minimum Gasteiger partial charge on any atom is -0.441 e. The highest BCUT2D eigenvalue weighted by atomic mass is 16.3. The van der Waals surface area contributed by atoms with E-state index in [1.807, 2.05) is 25.1 Å². The van der Waals surface area contributed by atoms with Crippen molar-refractivity contribution in [1.82, 2.24) is 10.3 Å². The van der Waals surface area contributed by atoms with Crippen molar-refractivity contribution < 1.29 is 9.21 Å². The van der Waals surface area contributed by atoms with E-state index in [1.165, 1.54) is 0 Å². The number of nitrogens with one attached hydrogen (secondary N) is 1. The summed E-state index contributed by atoms with van der Waals surface area (Å²) in [6.07, 6.45) is 0. The third-order valence-corrected chi connectivity index (χ3v) is 2.19. The fourth-order valence-corrected chi connectivity index (χ4v) is 1.53. The lowest BCUT2D eigenvalue weighted by atomic mass is 10.2. The summed E-state index contributed by atoms with van der Waals surface area (Å²) in [7, 11) is 0. The van der Waals surface area contributed by atoms with Crippen LogP contribution in [-0.4, -0.2) is 17.4 Å². The number of aromatic nitrogens is 1. The molecule has 0 unspecified atom stereocenters. The third-order valence-electron chi connectivity index (χ3n) is 2.19. The lowest BCUT2D eigenvalue weighted by Gasteiger charge is -2.01. The van der Waals surface area contributed by atoms with Gasteiger partial charge in [0.05, 0.1) is 6.54 Å². The molecule has 1 aromatic heterocycles. The molecule has 3 N–H and O–H groups in total. The summed E-state index contributed by atoms with van der Waals surface area (Å²) in [6, 6.07) is 5.73. The first kappa shape index (κ1) is 10.6. The molecule has 0 aliphatic carbocycles. The van der Waals surface area contributed by atoms with E-state index in [9.17, 15) is 4.79 Å². The van der Waals surface area contributed by atoms with E-state index in [-0.39, 0.29) is 12.5 Å². The van der Waals surface area contributed by atoms with Gasteiger partial charge in [0, 0.05) is 13.5 Å². The van der Waals surface area contributed by atoms with Gasteiger partial charge in [0.1, 0.15) is 5.52 Å². The number of hydrogen-bond donors (Lipinski definition) is 2. The summed E-state index contributed by atoms with van der Waals surface area (Å²) < 4.78 is 5.36. The minimum atomic E-state index is -0.363. The van der Waals surface area contributed by atoms with Gasteiger partial charge in [-0.15, -0.1) is 0 Å². The van der Waals surface area contributed by atoms with Crippen molar-refractivity contribution in [2.75, 3.05) is 6.54 Å². The Bertz CT molecular complexity index is 519. The van der Waals surface area contributed by atoms with Crippen molar-refractivity contribution in [3.05, 3.63) is 29.7 Å². The average molecular weight is 219 g/mol. The second-order valence-electron chi connectivity index (χ2n) is 3.60. The van der Waals surface area contributed by atoms with Crippen LogP contribution in [0, 0.1) is 6.92 Å². The van der Waals surface area contributed by atoms with E-state index in [2.05, 4.69) is 10.3 Å². The van der Waals surface area contributed by atoms with Crippen LogP contribution in [0.1, 0.15) is 11.5 Å². The predicted molar refractivity (Wildman–Crippen MR) is 59.6 cm³/mol. The zero-order valence-corrected chi connectivity index (χ0v) is 8.99. The Balaban J connectivity index is 2.10. The van der Waals surface area contributed by atoms with Crippen molar-refractivity contribution in [1.29, 1.82) is 0 Å². The Morgan fingerprint density at radius 3 is 3.12 bits per heavy atom. The van der Waals surface area contributed by atoms with Gasteiger partial charge in [-0.05, 0) is 17.7 Å². The van der Waals surface area contributed by atoms with Crippen molar-refractivity contribution in [3.8, 4) is 0 Å². The van der Waals surface area contributed by atoms with Crippen LogP contribution >= 0.6 is 0 Å². The van der Waals surface area contributed by atoms with Crippen molar-refractivity contribution >= 4 is 17.0 Å². The molecule has 5 heteroatoms. The van der Waals surface area contributed by atoms with E-state index in [0.717, 1.165) is 16.7 Å². The largest absolute Gasteiger partial charge is 0.441 e. The van der Waals surface area contributed by atoms with Crippen molar-refractivity contribution in [2.24, 2.45) is 5.73 Å². The Morgan fingerprint density at radius 1 is 1.56 bits per heavy atom. The first-order valence-electron chi connectivity index (χ1n) is 5.00. The molecule has 2 aromatic rings. The maximum Gasteiger partial charge on any atom is 0.231 e. The molecule has 2 rings (SSSR count). The molecular formula is C11H13N3O2. The predicted octanol–water partition coefficient (Wildman–Crippen LogP) is 0.711. The normalized spacial score (nSPS) is 10.8. The van der Waals surface area contributed by atoms with Gasteiger partial charge in [-0.25, -0.2) is 4.98 Å². The molecule has 0 aliphatic heterocycles. The van der Waals surface area contributed by atoms with Gasteiger partial charge in [-0.2, -0.15) is 0 Å². The van der Waals surface area contributed by atoms with E-state index < -0.39 is 0 Å².